The van der Waals surface area contributed by atoms with E-state index in [-0.39, 0.29) is 0 Å². The Labute approximate surface area is 113 Å². The van der Waals surface area contributed by atoms with Crippen LogP contribution in [0.1, 0.15) is 5.69 Å². The lowest BCUT2D eigenvalue weighted by atomic mass is 10.3. The van der Waals surface area contributed by atoms with Crippen molar-refractivity contribution in [3.8, 4) is 0 Å². The predicted molar refractivity (Wildman–Crippen MR) is 73.9 cm³/mol. The molecule has 0 aliphatic carbocycles. The van der Waals surface area contributed by atoms with Crippen LogP contribution in [0.15, 0.2) is 59.9 Å². The fourth-order valence-corrected chi connectivity index (χ4v) is 2.70. The van der Waals surface area contributed by atoms with Gasteiger partial charge in [0.2, 0.25) is 0 Å². The Balaban J connectivity index is 1.87. The highest BCUT2D eigenvalue weighted by Crippen LogP contribution is 2.15. The molecule has 0 saturated carbocycles. The van der Waals surface area contributed by atoms with Crippen LogP contribution in [0.4, 0.5) is 0 Å². The second-order valence-corrected chi connectivity index (χ2v) is 5.41. The quantitative estimate of drug-likeness (QED) is 0.685. The van der Waals surface area contributed by atoms with Crippen LogP contribution in [0.25, 0.3) is 11.0 Å². The van der Waals surface area contributed by atoms with E-state index in [4.69, 9.17) is 0 Å². The summed E-state index contributed by atoms with van der Waals surface area (Å²) in [5.41, 5.74) is 2.35. The third-order valence-electron chi connectivity index (χ3n) is 2.66. The molecule has 0 spiro atoms. The van der Waals surface area contributed by atoms with Crippen LogP contribution >= 0.6 is 0 Å². The van der Waals surface area contributed by atoms with E-state index in [1.807, 2.05) is 42.5 Å². The zero-order valence-electron chi connectivity index (χ0n) is 10.1. The number of hydrogen-bond acceptors (Lipinski definition) is 4. The van der Waals surface area contributed by atoms with Gasteiger partial charge in [0.05, 0.1) is 16.7 Å². The third-order valence-corrected chi connectivity index (χ3v) is 3.89. The molecule has 0 bridgehead atoms. The number of aromatic nitrogens is 3. The van der Waals surface area contributed by atoms with Gasteiger partial charge in [0.1, 0.15) is 6.20 Å². The molecule has 5 heteroatoms. The van der Waals surface area contributed by atoms with Gasteiger partial charge in [0.15, 0.2) is 5.75 Å². The number of rotatable bonds is 3. The van der Waals surface area contributed by atoms with Crippen LogP contribution in [-0.4, -0.2) is 19.5 Å². The smallest absolute Gasteiger partial charge is 0.264 e. The fourth-order valence-electron chi connectivity index (χ4n) is 1.74. The first-order chi connectivity index (χ1) is 9.33. The standard InChI is InChI=1S/C14H11N3OS/c18-19(10-11-5-3-4-8-15-11)14-9-16-12-6-1-2-7-13(12)17-14/h1-9H,10H2. The van der Waals surface area contributed by atoms with Gasteiger partial charge in [-0.25, -0.2) is 4.98 Å². The highest BCUT2D eigenvalue weighted by Gasteiger charge is 2.15. The molecule has 94 valence electrons. The second kappa shape index (κ2) is 5.34. The lowest BCUT2D eigenvalue weighted by Gasteiger charge is -2.08. The molecule has 0 amide bonds. The molecule has 0 N–H and O–H groups in total. The summed E-state index contributed by atoms with van der Waals surface area (Å²) >= 11 is -1.23. The maximum atomic E-state index is 12.2. The van der Waals surface area contributed by atoms with E-state index in [1.54, 1.807) is 12.4 Å². The van der Waals surface area contributed by atoms with Gasteiger partial charge in [-0.1, -0.05) is 18.2 Å². The largest absolute Gasteiger partial charge is 0.610 e. The fraction of sp³-hybridized carbons (Fsp3) is 0.0714. The molecule has 0 fully saturated rings. The molecule has 4 nitrogen and oxygen atoms in total. The molecule has 1 atom stereocenters. The van der Waals surface area contributed by atoms with Crippen molar-refractivity contribution in [2.45, 2.75) is 10.8 Å². The predicted octanol–water partition coefficient (Wildman–Crippen LogP) is 2.33. The number of para-hydroxylation sites is 2. The van der Waals surface area contributed by atoms with Crippen molar-refractivity contribution < 1.29 is 4.55 Å². The summed E-state index contributed by atoms with van der Waals surface area (Å²) in [6.07, 6.45) is 3.26. The molecule has 3 rings (SSSR count). The van der Waals surface area contributed by atoms with Crippen LogP contribution in [0.5, 0.6) is 0 Å². The first kappa shape index (κ1) is 12.1. The molecule has 19 heavy (non-hydrogen) atoms. The van der Waals surface area contributed by atoms with Crippen molar-refractivity contribution in [1.82, 2.24) is 15.0 Å². The molecule has 2 heterocycles. The topological polar surface area (TPSA) is 61.7 Å². The van der Waals surface area contributed by atoms with Gasteiger partial charge in [-0.2, -0.15) is 4.98 Å². The number of benzene rings is 1. The zero-order chi connectivity index (χ0) is 13.1. The summed E-state index contributed by atoms with van der Waals surface area (Å²) in [5, 5.41) is 0.490. The van der Waals surface area contributed by atoms with Crippen molar-refractivity contribution in [3.63, 3.8) is 0 Å². The summed E-state index contributed by atoms with van der Waals surface area (Å²) in [4.78, 5) is 12.8. The molecule has 2 aromatic heterocycles. The summed E-state index contributed by atoms with van der Waals surface area (Å²) in [5.74, 6) is 0.355. The Kier molecular flexibility index (Phi) is 3.39. The van der Waals surface area contributed by atoms with Crippen molar-refractivity contribution in [2.24, 2.45) is 0 Å². The SMILES string of the molecule is [O-][S+](Cc1ccccn1)c1cnc2ccccc2n1. The number of pyridine rings is 1. The molecular formula is C14H11N3OS. The number of nitrogens with zero attached hydrogens (tertiary/aromatic N) is 3. The van der Waals surface area contributed by atoms with Gasteiger partial charge in [-0.3, -0.25) is 4.98 Å². The van der Waals surface area contributed by atoms with E-state index in [0.29, 0.717) is 10.8 Å². The molecule has 0 saturated heterocycles. The first-order valence-corrected chi connectivity index (χ1v) is 7.15. The highest BCUT2D eigenvalue weighted by atomic mass is 32.2. The van der Waals surface area contributed by atoms with Crippen LogP contribution in [0.3, 0.4) is 0 Å². The maximum Gasteiger partial charge on any atom is 0.264 e. The maximum absolute atomic E-state index is 12.2. The van der Waals surface area contributed by atoms with Gasteiger partial charge in [-0.15, -0.1) is 0 Å². The zero-order valence-corrected chi connectivity index (χ0v) is 10.9. The Bertz CT molecular complexity index is 690. The van der Waals surface area contributed by atoms with E-state index in [1.165, 1.54) is 0 Å². The van der Waals surface area contributed by atoms with Gasteiger partial charge in [0, 0.05) is 17.4 Å². The lowest BCUT2D eigenvalue weighted by molar-refractivity contribution is 0.590. The van der Waals surface area contributed by atoms with E-state index >= 15 is 0 Å². The Morgan fingerprint density at radius 1 is 0.947 bits per heavy atom. The van der Waals surface area contributed by atoms with Crippen molar-refractivity contribution in [2.75, 3.05) is 0 Å². The first-order valence-electron chi connectivity index (χ1n) is 5.83. The summed E-state index contributed by atoms with van der Waals surface area (Å²) < 4.78 is 12.2. The molecule has 1 aromatic carbocycles. The molecule has 0 aliphatic rings. The van der Waals surface area contributed by atoms with Gasteiger partial charge >= 0.3 is 0 Å². The number of fused-ring (bicyclic) bond motifs is 1. The third kappa shape index (κ3) is 2.72. The number of hydrogen-bond donors (Lipinski definition) is 0. The average Bonchev–Trinajstić information content (AvgIpc) is 2.48. The normalized spacial score (nSPS) is 12.5. The molecule has 0 radical (unpaired) electrons. The Morgan fingerprint density at radius 3 is 2.53 bits per heavy atom. The monoisotopic (exact) mass is 269 g/mol. The minimum atomic E-state index is -1.23. The second-order valence-electron chi connectivity index (χ2n) is 4.01. The van der Waals surface area contributed by atoms with Gasteiger partial charge < -0.3 is 4.55 Å². The highest BCUT2D eigenvalue weighted by molar-refractivity contribution is 7.90. The summed E-state index contributed by atoms with van der Waals surface area (Å²) in [7, 11) is 0. The van der Waals surface area contributed by atoms with E-state index in [9.17, 15) is 4.55 Å². The summed E-state index contributed by atoms with van der Waals surface area (Å²) in [6, 6.07) is 13.1. The van der Waals surface area contributed by atoms with Crippen LogP contribution in [0, 0.1) is 0 Å². The van der Waals surface area contributed by atoms with Crippen LogP contribution in [0.2, 0.25) is 0 Å². The van der Waals surface area contributed by atoms with E-state index in [0.717, 1.165) is 16.7 Å². The lowest BCUT2D eigenvalue weighted by Crippen LogP contribution is -2.08. The van der Waals surface area contributed by atoms with Crippen molar-refractivity contribution >= 4 is 22.2 Å². The molecule has 0 aliphatic heterocycles. The van der Waals surface area contributed by atoms with Crippen LogP contribution in [-0.2, 0) is 16.9 Å². The van der Waals surface area contributed by atoms with Gasteiger partial charge in [-0.05, 0) is 24.3 Å². The minimum absolute atomic E-state index is 0.355. The van der Waals surface area contributed by atoms with E-state index < -0.39 is 11.2 Å². The minimum Gasteiger partial charge on any atom is -0.610 e. The van der Waals surface area contributed by atoms with Crippen molar-refractivity contribution in [1.29, 1.82) is 0 Å². The molecule has 1 unspecified atom stereocenters. The van der Waals surface area contributed by atoms with Crippen LogP contribution < -0.4 is 0 Å². The Morgan fingerprint density at radius 2 is 1.74 bits per heavy atom. The van der Waals surface area contributed by atoms with Crippen molar-refractivity contribution in [3.05, 3.63) is 60.6 Å². The van der Waals surface area contributed by atoms with E-state index in [2.05, 4.69) is 15.0 Å². The Hall–Kier alpha value is -1.98. The molecular weight excluding hydrogens is 258 g/mol. The van der Waals surface area contributed by atoms with Gasteiger partial charge in [0.25, 0.3) is 5.03 Å². The summed E-state index contributed by atoms with van der Waals surface area (Å²) in [6.45, 7) is 0. The average molecular weight is 269 g/mol. The molecule has 3 aromatic rings.